The number of amides is 1. The molecule has 1 amide bonds. The molecule has 0 fully saturated rings. The number of nitrogens with zero attached hydrogens (tertiary/aromatic N) is 2. The Bertz CT molecular complexity index is 1580. The van der Waals surface area contributed by atoms with E-state index in [2.05, 4.69) is 15.5 Å². The van der Waals surface area contributed by atoms with Gasteiger partial charge in [0.15, 0.2) is 5.75 Å². The highest BCUT2D eigenvalue weighted by Crippen LogP contribution is 2.42. The summed E-state index contributed by atoms with van der Waals surface area (Å²) in [6, 6.07) is 26.3. The van der Waals surface area contributed by atoms with Crippen molar-refractivity contribution in [2.45, 2.75) is 0 Å². The van der Waals surface area contributed by atoms with Gasteiger partial charge in [0.05, 0.1) is 5.56 Å². The van der Waals surface area contributed by atoms with Crippen LogP contribution < -0.4 is 5.32 Å². The molecule has 34 heavy (non-hydrogen) atoms. The zero-order chi connectivity index (χ0) is 23.7. The van der Waals surface area contributed by atoms with E-state index in [4.69, 9.17) is 11.6 Å². The number of phenols is 2. The van der Waals surface area contributed by atoms with Crippen LogP contribution in [0, 0.1) is 0 Å². The summed E-state index contributed by atoms with van der Waals surface area (Å²) >= 11 is 6.09. The third kappa shape index (κ3) is 4.02. The number of anilines is 1. The molecule has 0 saturated heterocycles. The summed E-state index contributed by atoms with van der Waals surface area (Å²) in [6.45, 7) is 0. The Morgan fingerprint density at radius 3 is 2.24 bits per heavy atom. The van der Waals surface area contributed by atoms with Crippen molar-refractivity contribution in [2.75, 3.05) is 5.32 Å². The number of phenolic OH excluding ortho intramolecular Hbond substituents is 2. The van der Waals surface area contributed by atoms with Gasteiger partial charge in [-0.25, -0.2) is 0 Å². The number of nitrogens with one attached hydrogen (secondary N) is 1. The molecule has 0 aromatic heterocycles. The van der Waals surface area contributed by atoms with Crippen LogP contribution in [-0.4, -0.2) is 16.1 Å². The quantitative estimate of drug-likeness (QED) is 0.236. The predicted octanol–water partition coefficient (Wildman–Crippen LogP) is 7.73. The number of azo groups is 1. The lowest BCUT2D eigenvalue weighted by atomic mass is 10.0. The van der Waals surface area contributed by atoms with E-state index in [9.17, 15) is 15.0 Å². The number of carbonyl (C=O) groups excluding carboxylic acids is 1. The molecule has 6 nitrogen and oxygen atoms in total. The van der Waals surface area contributed by atoms with E-state index in [-0.39, 0.29) is 28.4 Å². The Morgan fingerprint density at radius 1 is 0.735 bits per heavy atom. The molecular weight excluding hydrogens is 450 g/mol. The van der Waals surface area contributed by atoms with Crippen LogP contribution in [-0.2, 0) is 0 Å². The fraction of sp³-hybridized carbons (Fsp3) is 0. The van der Waals surface area contributed by atoms with Crippen LogP contribution >= 0.6 is 11.6 Å². The summed E-state index contributed by atoms with van der Waals surface area (Å²) in [6.07, 6.45) is 0. The maximum absolute atomic E-state index is 13.0. The Labute approximate surface area is 199 Å². The minimum Gasteiger partial charge on any atom is -0.506 e. The van der Waals surface area contributed by atoms with Crippen molar-refractivity contribution in [1.82, 2.24) is 0 Å². The summed E-state index contributed by atoms with van der Waals surface area (Å²) in [5.74, 6) is -0.854. The minimum absolute atomic E-state index is 0.0606. The predicted molar refractivity (Wildman–Crippen MR) is 135 cm³/mol. The Kier molecular flexibility index (Phi) is 5.57. The van der Waals surface area contributed by atoms with Crippen molar-refractivity contribution < 1.29 is 15.0 Å². The topological polar surface area (TPSA) is 94.3 Å². The highest BCUT2D eigenvalue weighted by atomic mass is 35.5. The van der Waals surface area contributed by atoms with Crippen LogP contribution in [0.25, 0.3) is 21.5 Å². The van der Waals surface area contributed by atoms with E-state index in [1.54, 1.807) is 60.7 Å². The first-order chi connectivity index (χ1) is 16.5. The average molecular weight is 468 g/mol. The second-order valence-electron chi connectivity index (χ2n) is 7.66. The first kappa shape index (κ1) is 21.4. The molecular formula is C27H18ClN3O3. The fourth-order valence-corrected chi connectivity index (χ4v) is 3.97. The third-order valence-electron chi connectivity index (χ3n) is 5.45. The number of benzene rings is 5. The molecule has 0 aliphatic rings. The molecule has 7 heteroatoms. The summed E-state index contributed by atoms with van der Waals surface area (Å²) in [5, 5.41) is 36.1. The van der Waals surface area contributed by atoms with Gasteiger partial charge in [0.25, 0.3) is 5.91 Å². The molecule has 0 unspecified atom stereocenters. The average Bonchev–Trinajstić information content (AvgIpc) is 2.84. The van der Waals surface area contributed by atoms with Crippen molar-refractivity contribution in [2.24, 2.45) is 10.2 Å². The van der Waals surface area contributed by atoms with E-state index < -0.39 is 5.91 Å². The molecule has 0 radical (unpaired) electrons. The van der Waals surface area contributed by atoms with Crippen LogP contribution in [0.3, 0.4) is 0 Å². The van der Waals surface area contributed by atoms with Gasteiger partial charge in [-0.3, -0.25) is 4.79 Å². The number of carbonyl (C=O) groups is 1. The highest BCUT2D eigenvalue weighted by molar-refractivity contribution is 6.31. The maximum atomic E-state index is 13.0. The van der Waals surface area contributed by atoms with Crippen LogP contribution in [0.4, 0.5) is 17.1 Å². The first-order valence-corrected chi connectivity index (χ1v) is 10.8. The van der Waals surface area contributed by atoms with Gasteiger partial charge in [0.2, 0.25) is 0 Å². The maximum Gasteiger partial charge on any atom is 0.259 e. The molecule has 0 spiro atoms. The smallest absolute Gasteiger partial charge is 0.259 e. The zero-order valence-electron chi connectivity index (χ0n) is 17.7. The summed E-state index contributed by atoms with van der Waals surface area (Å²) in [4.78, 5) is 13.0. The van der Waals surface area contributed by atoms with E-state index in [0.717, 1.165) is 5.39 Å². The molecule has 5 aromatic rings. The lowest BCUT2D eigenvalue weighted by Gasteiger charge is -2.11. The van der Waals surface area contributed by atoms with Crippen molar-refractivity contribution in [3.8, 4) is 11.5 Å². The van der Waals surface area contributed by atoms with E-state index in [1.165, 1.54) is 6.07 Å². The zero-order valence-corrected chi connectivity index (χ0v) is 18.5. The van der Waals surface area contributed by atoms with Gasteiger partial charge in [-0.2, -0.15) is 0 Å². The number of hydrogen-bond donors (Lipinski definition) is 3. The Morgan fingerprint density at radius 2 is 1.41 bits per heavy atom. The fourth-order valence-electron chi connectivity index (χ4n) is 3.79. The summed E-state index contributed by atoms with van der Waals surface area (Å²) in [5.41, 5.74) is 1.02. The van der Waals surface area contributed by atoms with Crippen LogP contribution in [0.5, 0.6) is 11.5 Å². The number of fused-ring (bicyclic) bond motifs is 2. The van der Waals surface area contributed by atoms with Crippen molar-refractivity contribution in [1.29, 1.82) is 0 Å². The molecule has 3 N–H and O–H groups in total. The number of para-hydroxylation sites is 1. The van der Waals surface area contributed by atoms with Crippen LogP contribution in [0.2, 0.25) is 5.02 Å². The Hall–Kier alpha value is -4.42. The summed E-state index contributed by atoms with van der Waals surface area (Å²) in [7, 11) is 0. The van der Waals surface area contributed by atoms with Gasteiger partial charge in [-0.1, -0.05) is 66.2 Å². The largest absolute Gasteiger partial charge is 0.506 e. The van der Waals surface area contributed by atoms with Crippen molar-refractivity contribution in [3.05, 3.63) is 102 Å². The van der Waals surface area contributed by atoms with Crippen LogP contribution in [0.1, 0.15) is 10.4 Å². The normalized spacial score (nSPS) is 11.3. The number of aromatic hydroxyl groups is 2. The van der Waals surface area contributed by atoms with Gasteiger partial charge in [0, 0.05) is 21.5 Å². The van der Waals surface area contributed by atoms with Crippen LogP contribution in [0.15, 0.2) is 101 Å². The SMILES string of the molecule is O=C(Nc1ccccc1)c1cc2ccccc2c(N=Nc2c(O)ccc3cc(Cl)ccc23)c1O. The third-order valence-corrected chi connectivity index (χ3v) is 5.69. The van der Waals surface area contributed by atoms with Gasteiger partial charge < -0.3 is 15.5 Å². The Balaban J connectivity index is 1.63. The minimum atomic E-state index is -0.478. The lowest BCUT2D eigenvalue weighted by Crippen LogP contribution is -2.12. The number of hydrogen-bond acceptors (Lipinski definition) is 5. The van der Waals surface area contributed by atoms with E-state index in [0.29, 0.717) is 26.9 Å². The van der Waals surface area contributed by atoms with Crippen molar-refractivity contribution in [3.63, 3.8) is 0 Å². The molecule has 5 rings (SSSR count). The molecule has 5 aromatic carbocycles. The van der Waals surface area contributed by atoms with Gasteiger partial charge >= 0.3 is 0 Å². The second kappa shape index (κ2) is 8.84. The number of halogens is 1. The summed E-state index contributed by atoms with van der Waals surface area (Å²) < 4.78 is 0. The molecule has 166 valence electrons. The van der Waals surface area contributed by atoms with Crippen molar-refractivity contribution >= 4 is 56.1 Å². The molecule has 0 saturated carbocycles. The molecule has 0 atom stereocenters. The second-order valence-corrected chi connectivity index (χ2v) is 8.10. The van der Waals surface area contributed by atoms with E-state index in [1.807, 2.05) is 24.3 Å². The van der Waals surface area contributed by atoms with Gasteiger partial charge in [0.1, 0.15) is 17.1 Å². The van der Waals surface area contributed by atoms with Gasteiger partial charge in [-0.05, 0) is 47.2 Å². The highest BCUT2D eigenvalue weighted by Gasteiger charge is 2.19. The molecule has 0 aliphatic heterocycles. The molecule has 0 heterocycles. The number of rotatable bonds is 4. The van der Waals surface area contributed by atoms with Gasteiger partial charge in [-0.15, -0.1) is 10.2 Å². The monoisotopic (exact) mass is 467 g/mol. The lowest BCUT2D eigenvalue weighted by molar-refractivity contribution is 0.102. The standard InChI is InChI=1S/C27H18ClN3O3/c28-18-11-12-21-17(14-18)10-13-23(32)24(21)30-31-25-20-9-5-4-6-16(20)15-22(26(25)33)27(34)29-19-7-2-1-3-8-19/h1-15,32-33H,(H,29,34). The molecule has 0 bridgehead atoms. The first-order valence-electron chi connectivity index (χ1n) is 10.5. The molecule has 0 aliphatic carbocycles. The van der Waals surface area contributed by atoms with E-state index >= 15 is 0 Å².